The fraction of sp³-hybridized carbons (Fsp3) is 0.714. The normalized spacial score (nSPS) is 13.9. The molecule has 0 aromatic rings. The summed E-state index contributed by atoms with van der Waals surface area (Å²) in [6.45, 7) is 0.549. The van der Waals surface area contributed by atoms with E-state index in [1.54, 1.807) is 0 Å². The lowest BCUT2D eigenvalue weighted by Crippen LogP contribution is -2.57. The number of nitrogens with two attached hydrogens (primary N) is 5. The van der Waals surface area contributed by atoms with Gasteiger partial charge in [-0.25, -0.2) is 4.79 Å². The van der Waals surface area contributed by atoms with Gasteiger partial charge in [0.05, 0.1) is 12.5 Å². The van der Waals surface area contributed by atoms with Crippen molar-refractivity contribution < 1.29 is 29.1 Å². The van der Waals surface area contributed by atoms with Crippen molar-refractivity contribution in [3.05, 3.63) is 0 Å². The number of hydrogen-bond acceptors (Lipinski definition) is 9. The van der Waals surface area contributed by atoms with Crippen LogP contribution >= 0.6 is 11.8 Å². The van der Waals surface area contributed by atoms with Gasteiger partial charge >= 0.3 is 5.97 Å². The van der Waals surface area contributed by atoms with Gasteiger partial charge in [-0.1, -0.05) is 0 Å². The SMILES string of the molecule is CSCCC(N)C(=O)NC(CCCN=C(N)N)C(=O)NC(CCCCN)C(=O)NC(CC(N)=O)C(=O)O. The number of carbonyl (C=O) groups is 5. The molecule has 14 N–H and O–H groups in total. The molecule has 0 aliphatic heterocycles. The van der Waals surface area contributed by atoms with E-state index < -0.39 is 60.2 Å². The Balaban J connectivity index is 5.61. The van der Waals surface area contributed by atoms with Crippen LogP contribution in [0.2, 0.25) is 0 Å². The first-order valence-electron chi connectivity index (χ1n) is 11.8. The number of aliphatic imine (C=N–C) groups is 1. The molecular weight excluding hydrogens is 506 g/mol. The maximum absolute atomic E-state index is 13.1. The number of thioether (sulfide) groups is 1. The second-order valence-electron chi connectivity index (χ2n) is 8.31. The van der Waals surface area contributed by atoms with Crippen LogP contribution in [-0.2, 0) is 24.0 Å². The Hall–Kier alpha value is -3.11. The second kappa shape index (κ2) is 19.1. The van der Waals surface area contributed by atoms with Crippen LogP contribution in [0.3, 0.4) is 0 Å². The third-order valence-corrected chi connectivity index (χ3v) is 5.79. The van der Waals surface area contributed by atoms with Crippen LogP contribution < -0.4 is 44.6 Å². The molecule has 0 aliphatic rings. The van der Waals surface area contributed by atoms with Crippen LogP contribution in [0.1, 0.15) is 44.9 Å². The molecular formula is C21H41N9O6S. The number of unbranched alkanes of at least 4 members (excludes halogenated alkanes) is 1. The molecule has 15 nitrogen and oxygen atoms in total. The Morgan fingerprint density at radius 3 is 1.86 bits per heavy atom. The number of nitrogens with one attached hydrogen (secondary N) is 3. The smallest absolute Gasteiger partial charge is 0.326 e. The van der Waals surface area contributed by atoms with E-state index in [1.165, 1.54) is 11.8 Å². The Bertz CT molecular complexity index is 794. The predicted molar refractivity (Wildman–Crippen MR) is 141 cm³/mol. The lowest BCUT2D eigenvalue weighted by atomic mass is 10.0. The van der Waals surface area contributed by atoms with Crippen molar-refractivity contribution in [1.29, 1.82) is 0 Å². The fourth-order valence-electron chi connectivity index (χ4n) is 3.13. The molecule has 0 spiro atoms. The number of hydrogen-bond donors (Lipinski definition) is 9. The van der Waals surface area contributed by atoms with E-state index in [2.05, 4.69) is 20.9 Å². The first-order valence-corrected chi connectivity index (χ1v) is 13.2. The Morgan fingerprint density at radius 2 is 1.38 bits per heavy atom. The fourth-order valence-corrected chi connectivity index (χ4v) is 3.62. The van der Waals surface area contributed by atoms with E-state index in [0.29, 0.717) is 38.0 Å². The maximum Gasteiger partial charge on any atom is 0.326 e. The van der Waals surface area contributed by atoms with Gasteiger partial charge in [0.15, 0.2) is 5.96 Å². The number of carbonyl (C=O) groups excluding carboxylic acids is 4. The van der Waals surface area contributed by atoms with E-state index in [9.17, 15) is 29.1 Å². The van der Waals surface area contributed by atoms with Crippen LogP contribution in [0, 0.1) is 0 Å². The molecule has 0 aromatic carbocycles. The summed E-state index contributed by atoms with van der Waals surface area (Å²) in [5, 5.41) is 16.7. The zero-order chi connectivity index (χ0) is 28.4. The quantitative estimate of drug-likeness (QED) is 0.0412. The highest BCUT2D eigenvalue weighted by atomic mass is 32.2. The highest BCUT2D eigenvalue weighted by Gasteiger charge is 2.30. The number of amides is 4. The summed E-state index contributed by atoms with van der Waals surface area (Å²) < 4.78 is 0. The van der Waals surface area contributed by atoms with Crippen molar-refractivity contribution in [3.63, 3.8) is 0 Å². The molecule has 0 heterocycles. The molecule has 0 saturated carbocycles. The van der Waals surface area contributed by atoms with Crippen molar-refractivity contribution in [2.75, 3.05) is 25.1 Å². The second-order valence-corrected chi connectivity index (χ2v) is 9.30. The molecule has 0 rings (SSSR count). The van der Waals surface area contributed by atoms with Crippen LogP contribution in [0.4, 0.5) is 0 Å². The first-order chi connectivity index (χ1) is 17.4. The van der Waals surface area contributed by atoms with Gasteiger partial charge in [-0.05, 0) is 57.1 Å². The summed E-state index contributed by atoms with van der Waals surface area (Å²) in [4.78, 5) is 65.0. The molecule has 0 saturated heterocycles. The van der Waals surface area contributed by atoms with Crippen molar-refractivity contribution in [2.45, 2.75) is 69.1 Å². The molecule has 4 unspecified atom stereocenters. The Labute approximate surface area is 220 Å². The molecule has 4 atom stereocenters. The molecule has 0 aliphatic carbocycles. The summed E-state index contributed by atoms with van der Waals surface area (Å²) in [7, 11) is 0. The number of rotatable bonds is 20. The molecule has 0 aromatic heterocycles. The topological polar surface area (TPSA) is 284 Å². The minimum atomic E-state index is -1.57. The summed E-state index contributed by atoms with van der Waals surface area (Å²) in [5.41, 5.74) is 27.1. The van der Waals surface area contributed by atoms with Crippen molar-refractivity contribution >= 4 is 47.3 Å². The minimum absolute atomic E-state index is 0.121. The van der Waals surface area contributed by atoms with Gasteiger partial charge < -0.3 is 49.7 Å². The third-order valence-electron chi connectivity index (χ3n) is 5.15. The van der Waals surface area contributed by atoms with E-state index in [-0.39, 0.29) is 25.3 Å². The molecule has 212 valence electrons. The molecule has 0 radical (unpaired) electrons. The van der Waals surface area contributed by atoms with Crippen molar-refractivity contribution in [3.8, 4) is 0 Å². The first kappa shape index (κ1) is 33.9. The number of primary amides is 1. The lowest BCUT2D eigenvalue weighted by Gasteiger charge is -2.25. The lowest BCUT2D eigenvalue weighted by molar-refractivity contribution is -0.143. The molecule has 0 fully saturated rings. The Morgan fingerprint density at radius 1 is 0.838 bits per heavy atom. The molecule has 16 heteroatoms. The van der Waals surface area contributed by atoms with Gasteiger partial charge in [-0.15, -0.1) is 0 Å². The summed E-state index contributed by atoms with van der Waals surface area (Å²) >= 11 is 1.52. The van der Waals surface area contributed by atoms with E-state index in [4.69, 9.17) is 28.7 Å². The van der Waals surface area contributed by atoms with Crippen LogP contribution in [0.5, 0.6) is 0 Å². The van der Waals surface area contributed by atoms with Crippen molar-refractivity contribution in [1.82, 2.24) is 16.0 Å². The van der Waals surface area contributed by atoms with Gasteiger partial charge in [-0.2, -0.15) is 11.8 Å². The highest BCUT2D eigenvalue weighted by molar-refractivity contribution is 7.98. The van der Waals surface area contributed by atoms with E-state index >= 15 is 0 Å². The average molecular weight is 548 g/mol. The standard InChI is InChI=1S/C21H41N9O6S/c1-37-10-7-12(23)17(32)28-14(6-4-9-27-21(25)26)18(33)29-13(5-2-3-8-22)19(34)30-15(20(35)36)11-16(24)31/h12-15H,2-11,22-23H2,1H3,(H2,24,31)(H,28,32)(H,29,33)(H,30,34)(H,35,36)(H4,25,26,27). The van der Waals surface area contributed by atoms with Crippen LogP contribution in [0.15, 0.2) is 4.99 Å². The minimum Gasteiger partial charge on any atom is -0.480 e. The number of carboxylic acids is 1. The maximum atomic E-state index is 13.1. The third kappa shape index (κ3) is 15.6. The highest BCUT2D eigenvalue weighted by Crippen LogP contribution is 2.07. The molecule has 0 bridgehead atoms. The summed E-state index contributed by atoms with van der Waals surface area (Å²) in [6, 6.07) is -4.62. The number of nitrogens with zero attached hydrogens (tertiary/aromatic N) is 1. The van der Waals surface area contributed by atoms with Crippen molar-refractivity contribution in [2.24, 2.45) is 33.7 Å². The van der Waals surface area contributed by atoms with Gasteiger partial charge in [0, 0.05) is 6.54 Å². The van der Waals surface area contributed by atoms with Crippen LogP contribution in [-0.4, -0.2) is 89.9 Å². The predicted octanol–water partition coefficient (Wildman–Crippen LogP) is -3.34. The summed E-state index contributed by atoms with van der Waals surface area (Å²) in [6.07, 6.45) is 3.26. The van der Waals surface area contributed by atoms with E-state index in [1.807, 2.05) is 6.26 Å². The molecule has 4 amide bonds. The van der Waals surface area contributed by atoms with Gasteiger partial charge in [0.25, 0.3) is 0 Å². The Kier molecular flexibility index (Phi) is 17.5. The number of aliphatic carboxylic acids is 1. The van der Waals surface area contributed by atoms with Gasteiger partial charge in [-0.3, -0.25) is 24.2 Å². The average Bonchev–Trinajstić information content (AvgIpc) is 2.82. The van der Waals surface area contributed by atoms with E-state index in [0.717, 1.165) is 0 Å². The zero-order valence-electron chi connectivity index (χ0n) is 21.1. The van der Waals surface area contributed by atoms with Gasteiger partial charge in [0.2, 0.25) is 23.6 Å². The number of carboxylic acid groups (broad SMARTS) is 1. The monoisotopic (exact) mass is 547 g/mol. The van der Waals surface area contributed by atoms with Gasteiger partial charge in [0.1, 0.15) is 18.1 Å². The molecule has 37 heavy (non-hydrogen) atoms. The largest absolute Gasteiger partial charge is 0.480 e. The summed E-state index contributed by atoms with van der Waals surface area (Å²) in [5.74, 6) is -3.88. The zero-order valence-corrected chi connectivity index (χ0v) is 21.9. The number of guanidine groups is 1. The van der Waals surface area contributed by atoms with Crippen LogP contribution in [0.25, 0.3) is 0 Å².